The number of halogens is 1. The van der Waals surface area contributed by atoms with Crippen molar-refractivity contribution in [3.05, 3.63) is 131 Å². The molecule has 1 fully saturated rings. The zero-order valence-electron chi connectivity index (χ0n) is 22.9. The van der Waals surface area contributed by atoms with Crippen molar-refractivity contribution < 1.29 is 28.2 Å². The highest BCUT2D eigenvalue weighted by Gasteiger charge is 2.72. The van der Waals surface area contributed by atoms with Crippen molar-refractivity contribution >= 4 is 29.1 Å². The Labute approximate surface area is 242 Å². The first-order valence-corrected chi connectivity index (χ1v) is 13.7. The van der Waals surface area contributed by atoms with Gasteiger partial charge >= 0.3 is 0 Å². The molecule has 0 aromatic heterocycles. The third kappa shape index (κ3) is 3.33. The Morgan fingerprint density at radius 2 is 1.50 bits per heavy atom. The number of benzene rings is 4. The maximum Gasteiger partial charge on any atom is 0.188 e. The second-order valence-electron chi connectivity index (χ2n) is 10.7. The minimum absolute atomic E-state index is 0.118. The van der Waals surface area contributed by atoms with E-state index in [0.717, 1.165) is 5.56 Å². The van der Waals surface area contributed by atoms with Gasteiger partial charge in [-0.3, -0.25) is 14.4 Å². The topological polar surface area (TPSA) is 72.9 Å². The first-order chi connectivity index (χ1) is 20.4. The van der Waals surface area contributed by atoms with Crippen LogP contribution in [0, 0.1) is 11.2 Å². The monoisotopic (exact) mass is 559 g/mol. The molecule has 3 aliphatic rings. The van der Waals surface area contributed by atoms with Gasteiger partial charge in [0.15, 0.2) is 17.3 Å². The molecule has 0 saturated carbocycles. The number of methoxy groups -OCH3 is 2. The van der Waals surface area contributed by atoms with Gasteiger partial charge in [0, 0.05) is 28.3 Å². The Kier molecular flexibility index (Phi) is 5.87. The number of Topliss-reactive ketones (excluding diaryl/α,β-unsaturated/α-hetero) is 3. The lowest BCUT2D eigenvalue weighted by molar-refractivity contribution is 0.0664. The molecule has 7 heteroatoms. The number of hydrogen-bond acceptors (Lipinski definition) is 6. The van der Waals surface area contributed by atoms with Crippen molar-refractivity contribution in [2.45, 2.75) is 18.0 Å². The molecule has 4 aromatic carbocycles. The number of nitrogens with zero attached hydrogens (tertiary/aromatic N) is 1. The Bertz CT molecular complexity index is 1790. The van der Waals surface area contributed by atoms with Gasteiger partial charge in [0.1, 0.15) is 28.8 Å². The molecule has 0 N–H and O–H groups in total. The summed E-state index contributed by atoms with van der Waals surface area (Å²) in [6, 6.07) is 23.2. The highest BCUT2D eigenvalue weighted by Crippen LogP contribution is 2.62. The number of anilines is 1. The first-order valence-electron chi connectivity index (χ1n) is 13.7. The quantitative estimate of drug-likeness (QED) is 0.216. The second-order valence-corrected chi connectivity index (χ2v) is 10.7. The van der Waals surface area contributed by atoms with Crippen LogP contribution in [0.2, 0.25) is 0 Å². The second kappa shape index (κ2) is 9.52. The van der Waals surface area contributed by atoms with Gasteiger partial charge in [0.25, 0.3) is 0 Å². The summed E-state index contributed by atoms with van der Waals surface area (Å²) in [5.41, 5.74) is 0.720. The van der Waals surface area contributed by atoms with E-state index in [1.165, 1.54) is 32.4 Å². The van der Waals surface area contributed by atoms with Crippen molar-refractivity contribution in [1.82, 2.24) is 0 Å². The third-order valence-electron chi connectivity index (χ3n) is 8.89. The molecule has 1 spiro atoms. The fourth-order valence-electron chi connectivity index (χ4n) is 7.16. The van der Waals surface area contributed by atoms with Crippen molar-refractivity contribution in [1.29, 1.82) is 0 Å². The summed E-state index contributed by atoms with van der Waals surface area (Å²) in [5.74, 6) is -2.16. The Hall–Kier alpha value is -5.04. The molecule has 208 valence electrons. The number of rotatable bonds is 5. The largest absolute Gasteiger partial charge is 0.497 e. The molecule has 0 radical (unpaired) electrons. The van der Waals surface area contributed by atoms with Crippen LogP contribution in [0.25, 0.3) is 6.08 Å². The molecular weight excluding hydrogens is 533 g/mol. The first kappa shape index (κ1) is 25.9. The van der Waals surface area contributed by atoms with Crippen LogP contribution in [-0.2, 0) is 0 Å². The lowest BCUT2D eigenvalue weighted by Crippen LogP contribution is -2.48. The van der Waals surface area contributed by atoms with Crippen molar-refractivity contribution in [2.24, 2.45) is 5.41 Å². The maximum atomic E-state index is 15.3. The molecule has 0 amide bonds. The number of carbonyl (C=O) groups is 3. The molecular formula is C35H26FNO5. The fraction of sp³-hybridized carbons (Fsp3) is 0.171. The number of fused-ring (bicyclic) bond motifs is 5. The molecule has 7 rings (SSSR count). The third-order valence-corrected chi connectivity index (χ3v) is 8.89. The predicted molar refractivity (Wildman–Crippen MR) is 156 cm³/mol. The number of ketones is 3. The molecule has 2 heterocycles. The highest BCUT2D eigenvalue weighted by atomic mass is 19.1. The standard InChI is InChI=1S/C35H26FNO5/c1-41-21-16-17-28(42-2)25(19-21)30-31(32(38)24-12-6-7-13-26(24)36)37-27-14-8-3-9-20(27)15-18-29(37)35(30)33(39)22-10-4-5-11-23(22)34(35)40/h3-19,29-31H,1-2H3/t29-,30-,31-/m1/s1. The summed E-state index contributed by atoms with van der Waals surface area (Å²) in [7, 11) is 3.01. The average molecular weight is 560 g/mol. The zero-order chi connectivity index (χ0) is 29.2. The lowest BCUT2D eigenvalue weighted by Gasteiger charge is -2.37. The zero-order valence-corrected chi connectivity index (χ0v) is 22.9. The normalized spacial score (nSPS) is 21.2. The van der Waals surface area contributed by atoms with Crippen LogP contribution in [-0.4, -0.2) is 43.7 Å². The Morgan fingerprint density at radius 3 is 2.19 bits per heavy atom. The van der Waals surface area contributed by atoms with Gasteiger partial charge < -0.3 is 14.4 Å². The summed E-state index contributed by atoms with van der Waals surface area (Å²) in [6.07, 6.45) is 3.72. The van der Waals surface area contributed by atoms with Gasteiger partial charge in [0.2, 0.25) is 0 Å². The van der Waals surface area contributed by atoms with Crippen LogP contribution in [0.5, 0.6) is 11.5 Å². The Balaban J connectivity index is 1.60. The molecule has 6 nitrogen and oxygen atoms in total. The van der Waals surface area contributed by atoms with E-state index in [9.17, 15) is 14.4 Å². The van der Waals surface area contributed by atoms with Gasteiger partial charge in [0.05, 0.1) is 25.8 Å². The number of ether oxygens (including phenoxy) is 2. The summed E-state index contributed by atoms with van der Waals surface area (Å²) >= 11 is 0. The van der Waals surface area contributed by atoms with E-state index >= 15 is 4.39 Å². The molecule has 3 atom stereocenters. The maximum absolute atomic E-state index is 15.3. The van der Waals surface area contributed by atoms with Crippen LogP contribution >= 0.6 is 0 Å². The van der Waals surface area contributed by atoms with E-state index in [4.69, 9.17) is 9.47 Å². The van der Waals surface area contributed by atoms with Crippen molar-refractivity contribution in [3.63, 3.8) is 0 Å². The average Bonchev–Trinajstić information content (AvgIpc) is 3.46. The molecule has 1 aliphatic carbocycles. The molecule has 0 bridgehead atoms. The SMILES string of the molecule is COc1ccc(OC)c([C@@H]2[C@H](C(=O)c3ccccc3F)N3c4ccccc4C=C[C@@H]3C23C(=O)c2ccccc2C3=O)c1. The minimum Gasteiger partial charge on any atom is -0.497 e. The lowest BCUT2D eigenvalue weighted by atomic mass is 9.64. The van der Waals surface area contributed by atoms with E-state index in [1.54, 1.807) is 48.5 Å². The number of hydrogen-bond donors (Lipinski definition) is 0. The van der Waals surface area contributed by atoms with Gasteiger partial charge in [-0.25, -0.2) is 4.39 Å². The summed E-state index contributed by atoms with van der Waals surface area (Å²) in [5, 5.41) is 0. The van der Waals surface area contributed by atoms with Crippen molar-refractivity contribution in [3.8, 4) is 11.5 Å². The number of para-hydroxylation sites is 1. The summed E-state index contributed by atoms with van der Waals surface area (Å²) in [6.45, 7) is 0. The molecule has 42 heavy (non-hydrogen) atoms. The summed E-state index contributed by atoms with van der Waals surface area (Å²) < 4.78 is 26.7. The molecule has 0 unspecified atom stereocenters. The van der Waals surface area contributed by atoms with E-state index < -0.39 is 35.0 Å². The fourth-order valence-corrected chi connectivity index (χ4v) is 7.16. The van der Waals surface area contributed by atoms with E-state index in [2.05, 4.69) is 0 Å². The Morgan fingerprint density at radius 1 is 0.833 bits per heavy atom. The molecule has 1 saturated heterocycles. The minimum atomic E-state index is -1.74. The predicted octanol–water partition coefficient (Wildman–Crippen LogP) is 6.16. The van der Waals surface area contributed by atoms with Gasteiger partial charge in [-0.15, -0.1) is 0 Å². The number of carbonyl (C=O) groups excluding carboxylic acids is 3. The molecule has 4 aromatic rings. The highest BCUT2D eigenvalue weighted by molar-refractivity contribution is 6.32. The summed E-state index contributed by atoms with van der Waals surface area (Å²) in [4.78, 5) is 46.1. The van der Waals surface area contributed by atoms with Crippen LogP contribution in [0.1, 0.15) is 48.1 Å². The van der Waals surface area contributed by atoms with E-state index in [1.807, 2.05) is 41.3 Å². The van der Waals surface area contributed by atoms with Gasteiger partial charge in [-0.05, 0) is 42.0 Å². The smallest absolute Gasteiger partial charge is 0.188 e. The molecule has 2 aliphatic heterocycles. The van der Waals surface area contributed by atoms with Crippen molar-refractivity contribution in [2.75, 3.05) is 19.1 Å². The van der Waals surface area contributed by atoms with E-state index in [0.29, 0.717) is 33.9 Å². The van der Waals surface area contributed by atoms with Gasteiger partial charge in [-0.2, -0.15) is 0 Å². The van der Waals surface area contributed by atoms with Gasteiger partial charge in [-0.1, -0.05) is 66.7 Å². The van der Waals surface area contributed by atoms with Crippen LogP contribution in [0.3, 0.4) is 0 Å². The van der Waals surface area contributed by atoms with Crippen LogP contribution < -0.4 is 14.4 Å². The van der Waals surface area contributed by atoms with Crippen LogP contribution in [0.15, 0.2) is 97.1 Å². The van der Waals surface area contributed by atoms with E-state index in [-0.39, 0.29) is 17.1 Å². The van der Waals surface area contributed by atoms with Crippen LogP contribution in [0.4, 0.5) is 10.1 Å².